The Labute approximate surface area is 189 Å². The molecule has 0 saturated carbocycles. The summed E-state index contributed by atoms with van der Waals surface area (Å²) >= 11 is 0. The highest BCUT2D eigenvalue weighted by Crippen LogP contribution is 2.43. The van der Waals surface area contributed by atoms with Crippen molar-refractivity contribution >= 4 is 11.7 Å². The Morgan fingerprint density at radius 2 is 1.85 bits per heavy atom. The summed E-state index contributed by atoms with van der Waals surface area (Å²) in [5, 5.41) is 14.9. The van der Waals surface area contributed by atoms with Crippen molar-refractivity contribution in [2.45, 2.75) is 43.4 Å². The maximum Gasteiger partial charge on any atom is 0.573 e. The number of benzene rings is 2. The maximum atomic E-state index is 14.0. The molecule has 4 rings (SSSR count). The van der Waals surface area contributed by atoms with Gasteiger partial charge in [0.15, 0.2) is 5.60 Å². The third-order valence-electron chi connectivity index (χ3n) is 5.79. The summed E-state index contributed by atoms with van der Waals surface area (Å²) < 4.78 is 88.4. The van der Waals surface area contributed by atoms with Crippen molar-refractivity contribution in [3.8, 4) is 11.5 Å². The smallest absolute Gasteiger partial charge is 0.481 e. The zero-order valence-electron chi connectivity index (χ0n) is 17.5. The van der Waals surface area contributed by atoms with E-state index in [1.54, 1.807) is 0 Å². The lowest BCUT2D eigenvalue weighted by Crippen LogP contribution is -2.49. The lowest BCUT2D eigenvalue weighted by Gasteiger charge is -2.39. The first kappa shape index (κ1) is 24.0. The van der Waals surface area contributed by atoms with Crippen molar-refractivity contribution in [3.63, 3.8) is 0 Å². The number of aliphatic hydroxyl groups is 1. The van der Waals surface area contributed by atoms with Gasteiger partial charge in [0, 0.05) is 36.6 Å². The number of ether oxygens (including phenoxy) is 2. The lowest BCUT2D eigenvalue weighted by atomic mass is 9.88. The van der Waals surface area contributed by atoms with Gasteiger partial charge in [-0.25, -0.2) is 18.0 Å². The molecule has 2 atom stereocenters. The van der Waals surface area contributed by atoms with Crippen LogP contribution in [0.5, 0.6) is 11.5 Å². The van der Waals surface area contributed by atoms with E-state index in [4.69, 9.17) is 4.74 Å². The summed E-state index contributed by atoms with van der Waals surface area (Å²) in [5.74, 6) is -1.42. The molecule has 2 aromatic rings. The minimum absolute atomic E-state index is 0.101. The standard InChI is InChI=1S/C22H20F6N2O4/c23-9-21(10-24)8-18(13-2-1-12(7-19(13)34-21)33-22(26,27)28)30-20(32)29-17-4-3-16(25)14-5-11(31)6-15(14)17/h1-4,7,11,18,31H,5-6,8-10H2,(H2,29,30,32)/t11-,18+/m0/s1. The minimum atomic E-state index is -4.99. The highest BCUT2D eigenvalue weighted by molar-refractivity contribution is 5.91. The number of aliphatic hydroxyl groups excluding tert-OH is 1. The number of fused-ring (bicyclic) bond motifs is 2. The number of alkyl halides is 5. The number of nitrogens with one attached hydrogen (secondary N) is 2. The first-order valence-electron chi connectivity index (χ1n) is 10.3. The number of anilines is 1. The summed E-state index contributed by atoms with van der Waals surface area (Å²) in [6.07, 6.45) is -5.87. The van der Waals surface area contributed by atoms with Gasteiger partial charge in [0.25, 0.3) is 0 Å². The summed E-state index contributed by atoms with van der Waals surface area (Å²) in [6.45, 7) is -2.59. The van der Waals surface area contributed by atoms with Crippen LogP contribution in [-0.4, -0.2) is 42.6 Å². The van der Waals surface area contributed by atoms with Crippen molar-refractivity contribution in [2.75, 3.05) is 18.7 Å². The van der Waals surface area contributed by atoms with Gasteiger partial charge in [-0.3, -0.25) is 0 Å². The van der Waals surface area contributed by atoms with Crippen LogP contribution in [0.25, 0.3) is 0 Å². The molecule has 1 heterocycles. The molecular weight excluding hydrogens is 470 g/mol. The second-order valence-corrected chi connectivity index (χ2v) is 8.27. The molecule has 6 nitrogen and oxygen atoms in total. The second-order valence-electron chi connectivity index (χ2n) is 8.27. The predicted octanol–water partition coefficient (Wildman–Crippen LogP) is 4.51. The summed E-state index contributed by atoms with van der Waals surface area (Å²) in [7, 11) is 0. The normalized spacial score (nSPS) is 20.7. The molecule has 0 radical (unpaired) electrons. The number of amides is 2. The number of hydrogen-bond donors (Lipinski definition) is 3. The molecule has 2 aliphatic rings. The van der Waals surface area contributed by atoms with Crippen LogP contribution in [0.15, 0.2) is 30.3 Å². The Morgan fingerprint density at radius 3 is 2.53 bits per heavy atom. The van der Waals surface area contributed by atoms with Crippen LogP contribution in [0.3, 0.4) is 0 Å². The molecule has 34 heavy (non-hydrogen) atoms. The van der Waals surface area contributed by atoms with Gasteiger partial charge < -0.3 is 25.2 Å². The van der Waals surface area contributed by atoms with Crippen molar-refractivity contribution < 1.29 is 45.7 Å². The Hall–Kier alpha value is -3.15. The average Bonchev–Trinajstić information content (AvgIpc) is 3.17. The molecule has 0 saturated heterocycles. The molecule has 184 valence electrons. The van der Waals surface area contributed by atoms with E-state index in [1.807, 2.05) is 0 Å². The Bertz CT molecular complexity index is 1090. The topological polar surface area (TPSA) is 79.8 Å². The molecule has 3 N–H and O–H groups in total. The fourth-order valence-electron chi connectivity index (χ4n) is 4.27. The van der Waals surface area contributed by atoms with E-state index in [2.05, 4.69) is 15.4 Å². The van der Waals surface area contributed by atoms with Gasteiger partial charge >= 0.3 is 12.4 Å². The molecule has 0 spiro atoms. The Morgan fingerprint density at radius 1 is 1.15 bits per heavy atom. The fraction of sp³-hybridized carbons (Fsp3) is 0.409. The van der Waals surface area contributed by atoms with E-state index in [-0.39, 0.29) is 41.8 Å². The molecular formula is C22H20F6N2O4. The van der Waals surface area contributed by atoms with Gasteiger partial charge in [0.05, 0.1) is 12.1 Å². The number of carbonyl (C=O) groups excluding carboxylic acids is 1. The molecule has 12 heteroatoms. The average molecular weight is 490 g/mol. The quantitative estimate of drug-likeness (QED) is 0.539. The molecule has 2 aromatic carbocycles. The lowest BCUT2D eigenvalue weighted by molar-refractivity contribution is -0.274. The SMILES string of the molecule is O=C(Nc1ccc(F)c2c1C[C@@H](O)C2)N[C@@H]1CC(CF)(CF)Oc2cc(OC(F)(F)F)ccc21. The third kappa shape index (κ3) is 4.86. The number of halogens is 6. The van der Waals surface area contributed by atoms with Crippen LogP contribution in [-0.2, 0) is 12.8 Å². The highest BCUT2D eigenvalue weighted by Gasteiger charge is 2.43. The number of hydrogen-bond acceptors (Lipinski definition) is 4. The predicted molar refractivity (Wildman–Crippen MR) is 108 cm³/mol. The van der Waals surface area contributed by atoms with Crippen LogP contribution in [0.1, 0.15) is 29.2 Å². The third-order valence-corrected chi connectivity index (χ3v) is 5.79. The van der Waals surface area contributed by atoms with Crippen LogP contribution in [0.2, 0.25) is 0 Å². The molecule has 0 unspecified atom stereocenters. The fourth-order valence-corrected chi connectivity index (χ4v) is 4.27. The van der Waals surface area contributed by atoms with Gasteiger partial charge in [-0.15, -0.1) is 13.2 Å². The minimum Gasteiger partial charge on any atom is -0.481 e. The highest BCUT2D eigenvalue weighted by atomic mass is 19.4. The maximum absolute atomic E-state index is 14.0. The van der Waals surface area contributed by atoms with Crippen LogP contribution in [0, 0.1) is 5.82 Å². The number of rotatable bonds is 5. The summed E-state index contributed by atoms with van der Waals surface area (Å²) in [5.41, 5.74) is -0.835. The van der Waals surface area contributed by atoms with Crippen LogP contribution >= 0.6 is 0 Å². The second kappa shape index (κ2) is 8.90. The molecule has 0 fully saturated rings. The van der Waals surface area contributed by atoms with Crippen LogP contribution in [0.4, 0.5) is 36.8 Å². The monoisotopic (exact) mass is 490 g/mol. The Kier molecular flexibility index (Phi) is 6.28. The molecule has 2 amide bonds. The molecule has 0 bridgehead atoms. The van der Waals surface area contributed by atoms with E-state index in [9.17, 15) is 36.2 Å². The number of urea groups is 1. The summed E-state index contributed by atoms with van der Waals surface area (Å²) in [6, 6.07) is 3.71. The Balaban J connectivity index is 1.58. The zero-order valence-corrected chi connectivity index (χ0v) is 17.5. The van der Waals surface area contributed by atoms with E-state index in [1.165, 1.54) is 12.1 Å². The first-order valence-corrected chi connectivity index (χ1v) is 10.3. The van der Waals surface area contributed by atoms with Gasteiger partial charge in [-0.1, -0.05) is 0 Å². The van der Waals surface area contributed by atoms with E-state index >= 15 is 0 Å². The number of carbonyl (C=O) groups is 1. The van der Waals surface area contributed by atoms with Gasteiger partial charge in [-0.2, -0.15) is 0 Å². The van der Waals surface area contributed by atoms with Crippen molar-refractivity contribution in [1.29, 1.82) is 0 Å². The van der Waals surface area contributed by atoms with E-state index in [0.29, 0.717) is 5.56 Å². The van der Waals surface area contributed by atoms with E-state index in [0.717, 1.165) is 18.2 Å². The van der Waals surface area contributed by atoms with Crippen LogP contribution < -0.4 is 20.1 Å². The molecule has 1 aliphatic carbocycles. The van der Waals surface area contributed by atoms with Gasteiger partial charge in [0.1, 0.15) is 30.7 Å². The largest absolute Gasteiger partial charge is 0.573 e. The van der Waals surface area contributed by atoms with Crippen molar-refractivity contribution in [2.24, 2.45) is 0 Å². The van der Waals surface area contributed by atoms with Gasteiger partial charge in [-0.05, 0) is 35.4 Å². The van der Waals surface area contributed by atoms with Gasteiger partial charge in [0.2, 0.25) is 0 Å². The van der Waals surface area contributed by atoms with Crippen molar-refractivity contribution in [1.82, 2.24) is 5.32 Å². The first-order chi connectivity index (χ1) is 16.0. The zero-order chi connectivity index (χ0) is 24.7. The summed E-state index contributed by atoms with van der Waals surface area (Å²) in [4.78, 5) is 12.7. The van der Waals surface area contributed by atoms with Crippen molar-refractivity contribution in [3.05, 3.63) is 52.8 Å². The van der Waals surface area contributed by atoms with E-state index < -0.39 is 55.1 Å². The molecule has 1 aliphatic heterocycles. The molecule has 0 aromatic heterocycles.